The SMILES string of the molecule is C[C@H](CN1CCCC1)P(=O)(O)O. The first kappa shape index (κ1) is 10.2. The number of hydrogen-bond donors (Lipinski definition) is 2. The van der Waals surface area contributed by atoms with Gasteiger partial charge in [0.05, 0.1) is 5.66 Å². The normalized spacial score (nSPS) is 22.9. The van der Waals surface area contributed by atoms with Crippen molar-refractivity contribution in [2.75, 3.05) is 19.6 Å². The molecule has 0 aromatic rings. The van der Waals surface area contributed by atoms with E-state index in [1.54, 1.807) is 6.92 Å². The summed E-state index contributed by atoms with van der Waals surface area (Å²) < 4.78 is 10.8. The lowest BCUT2D eigenvalue weighted by molar-refractivity contribution is 0.306. The van der Waals surface area contributed by atoms with Gasteiger partial charge in [0.1, 0.15) is 0 Å². The summed E-state index contributed by atoms with van der Waals surface area (Å²) in [5, 5.41) is 0. The van der Waals surface area contributed by atoms with Gasteiger partial charge >= 0.3 is 7.60 Å². The van der Waals surface area contributed by atoms with E-state index < -0.39 is 13.3 Å². The van der Waals surface area contributed by atoms with Gasteiger partial charge < -0.3 is 14.7 Å². The molecule has 0 spiro atoms. The lowest BCUT2D eigenvalue weighted by Crippen LogP contribution is -2.28. The molecular formula is C7H16NO3P. The Morgan fingerprint density at radius 1 is 1.42 bits per heavy atom. The smallest absolute Gasteiger partial charge is 0.324 e. The van der Waals surface area contributed by atoms with Crippen molar-refractivity contribution in [2.24, 2.45) is 0 Å². The van der Waals surface area contributed by atoms with Crippen LogP contribution in [0.1, 0.15) is 19.8 Å². The standard InChI is InChI=1S/C7H16NO3P/c1-7(12(9,10)11)6-8-4-2-3-5-8/h7H,2-6H2,1H3,(H2,9,10,11)/t7-/m1/s1. The van der Waals surface area contributed by atoms with Crippen LogP contribution in [0.25, 0.3) is 0 Å². The highest BCUT2D eigenvalue weighted by atomic mass is 31.2. The Bertz CT molecular complexity index is 185. The molecule has 12 heavy (non-hydrogen) atoms. The van der Waals surface area contributed by atoms with Crippen LogP contribution in [0.3, 0.4) is 0 Å². The van der Waals surface area contributed by atoms with Gasteiger partial charge in [-0.25, -0.2) is 0 Å². The molecule has 0 amide bonds. The first-order chi connectivity index (χ1) is 5.50. The second-order valence-electron chi connectivity index (χ2n) is 3.45. The third-order valence-corrected chi connectivity index (χ3v) is 3.61. The van der Waals surface area contributed by atoms with Crippen molar-refractivity contribution >= 4 is 7.60 Å². The third kappa shape index (κ3) is 2.87. The largest absolute Gasteiger partial charge is 0.329 e. The summed E-state index contributed by atoms with van der Waals surface area (Å²) in [6.45, 7) is 4.12. The Labute approximate surface area is 72.7 Å². The van der Waals surface area contributed by atoms with E-state index in [4.69, 9.17) is 9.79 Å². The van der Waals surface area contributed by atoms with Crippen LogP contribution in [0.5, 0.6) is 0 Å². The number of nitrogens with zero attached hydrogens (tertiary/aromatic N) is 1. The summed E-state index contributed by atoms with van der Waals surface area (Å²) in [4.78, 5) is 19.8. The van der Waals surface area contributed by atoms with Crippen LogP contribution in [0.15, 0.2) is 0 Å². The Kier molecular flexibility index (Phi) is 3.29. The first-order valence-electron chi connectivity index (χ1n) is 4.28. The average molecular weight is 193 g/mol. The second-order valence-corrected chi connectivity index (χ2v) is 5.51. The topological polar surface area (TPSA) is 60.8 Å². The zero-order valence-electron chi connectivity index (χ0n) is 7.31. The van der Waals surface area contributed by atoms with E-state index in [1.165, 1.54) is 0 Å². The van der Waals surface area contributed by atoms with E-state index >= 15 is 0 Å². The molecule has 1 fully saturated rings. The van der Waals surface area contributed by atoms with Crippen molar-refractivity contribution in [3.63, 3.8) is 0 Å². The van der Waals surface area contributed by atoms with E-state index in [0.29, 0.717) is 6.54 Å². The minimum absolute atomic E-state index is 0.518. The first-order valence-corrected chi connectivity index (χ1v) is 5.96. The molecule has 5 heteroatoms. The quantitative estimate of drug-likeness (QED) is 0.646. The van der Waals surface area contributed by atoms with Crippen molar-refractivity contribution in [1.29, 1.82) is 0 Å². The summed E-state index contributed by atoms with van der Waals surface area (Å²) in [6, 6.07) is 0. The van der Waals surface area contributed by atoms with Crippen molar-refractivity contribution in [1.82, 2.24) is 4.90 Å². The lowest BCUT2D eigenvalue weighted by atomic mass is 10.4. The minimum atomic E-state index is -3.85. The van der Waals surface area contributed by atoms with Gasteiger partial charge in [0.15, 0.2) is 0 Å². The third-order valence-electron chi connectivity index (χ3n) is 2.30. The summed E-state index contributed by atoms with van der Waals surface area (Å²) >= 11 is 0. The van der Waals surface area contributed by atoms with Crippen molar-refractivity contribution in [2.45, 2.75) is 25.4 Å². The van der Waals surface area contributed by atoms with Crippen LogP contribution in [0, 0.1) is 0 Å². The minimum Gasteiger partial charge on any atom is -0.324 e. The molecule has 1 aliphatic rings. The maximum Gasteiger partial charge on any atom is 0.329 e. The molecule has 0 saturated carbocycles. The van der Waals surface area contributed by atoms with Crippen molar-refractivity contribution in [3.8, 4) is 0 Å². The lowest BCUT2D eigenvalue weighted by Gasteiger charge is -2.20. The van der Waals surface area contributed by atoms with E-state index in [0.717, 1.165) is 25.9 Å². The molecule has 72 valence electrons. The monoisotopic (exact) mass is 193 g/mol. The number of rotatable bonds is 3. The molecule has 0 aromatic carbocycles. The van der Waals surface area contributed by atoms with Gasteiger partial charge in [-0.3, -0.25) is 4.57 Å². The molecule has 1 saturated heterocycles. The molecule has 1 rings (SSSR count). The highest BCUT2D eigenvalue weighted by Gasteiger charge is 2.26. The highest BCUT2D eigenvalue weighted by Crippen LogP contribution is 2.41. The van der Waals surface area contributed by atoms with Crippen LogP contribution >= 0.6 is 7.60 Å². The van der Waals surface area contributed by atoms with Gasteiger partial charge in [0.2, 0.25) is 0 Å². The molecule has 0 aromatic heterocycles. The second kappa shape index (κ2) is 3.88. The molecule has 0 unspecified atom stereocenters. The zero-order chi connectivity index (χ0) is 9.19. The summed E-state index contributed by atoms with van der Waals surface area (Å²) in [7, 11) is -3.85. The van der Waals surface area contributed by atoms with Gasteiger partial charge in [-0.05, 0) is 32.9 Å². The van der Waals surface area contributed by atoms with Crippen LogP contribution in [0.2, 0.25) is 0 Å². The molecule has 0 aliphatic carbocycles. The van der Waals surface area contributed by atoms with Gasteiger partial charge in [-0.1, -0.05) is 0 Å². The molecule has 1 aliphatic heterocycles. The zero-order valence-corrected chi connectivity index (χ0v) is 8.20. The van der Waals surface area contributed by atoms with Crippen LogP contribution in [-0.4, -0.2) is 40.0 Å². The van der Waals surface area contributed by atoms with Gasteiger partial charge in [0.25, 0.3) is 0 Å². The van der Waals surface area contributed by atoms with E-state index in [9.17, 15) is 4.57 Å². The molecule has 1 heterocycles. The molecular weight excluding hydrogens is 177 g/mol. The van der Waals surface area contributed by atoms with Crippen LogP contribution in [-0.2, 0) is 4.57 Å². The van der Waals surface area contributed by atoms with E-state index in [-0.39, 0.29) is 0 Å². The molecule has 4 nitrogen and oxygen atoms in total. The fourth-order valence-corrected chi connectivity index (χ4v) is 1.89. The van der Waals surface area contributed by atoms with Gasteiger partial charge in [-0.2, -0.15) is 0 Å². The van der Waals surface area contributed by atoms with Crippen molar-refractivity contribution < 1.29 is 14.4 Å². The maximum atomic E-state index is 10.8. The predicted molar refractivity (Wildman–Crippen MR) is 47.2 cm³/mol. The van der Waals surface area contributed by atoms with Gasteiger partial charge in [-0.15, -0.1) is 0 Å². The summed E-state index contributed by atoms with van der Waals surface area (Å²) in [5.74, 6) is 0. The van der Waals surface area contributed by atoms with Crippen LogP contribution in [0.4, 0.5) is 0 Å². The fourth-order valence-electron chi connectivity index (χ4n) is 1.45. The Hall–Kier alpha value is 0.110. The van der Waals surface area contributed by atoms with Crippen molar-refractivity contribution in [3.05, 3.63) is 0 Å². The molecule has 0 radical (unpaired) electrons. The van der Waals surface area contributed by atoms with Crippen LogP contribution < -0.4 is 0 Å². The average Bonchev–Trinajstić information content (AvgIpc) is 2.37. The Balaban J connectivity index is 2.35. The van der Waals surface area contributed by atoms with E-state index in [1.807, 2.05) is 0 Å². The molecule has 0 bridgehead atoms. The number of likely N-dealkylation sites (tertiary alicyclic amines) is 1. The molecule has 1 atom stereocenters. The number of hydrogen-bond acceptors (Lipinski definition) is 2. The highest BCUT2D eigenvalue weighted by molar-refractivity contribution is 7.52. The maximum absolute atomic E-state index is 10.8. The van der Waals surface area contributed by atoms with E-state index in [2.05, 4.69) is 4.90 Å². The fraction of sp³-hybridized carbons (Fsp3) is 1.00. The summed E-state index contributed by atoms with van der Waals surface area (Å²) in [6.07, 6.45) is 2.32. The Morgan fingerprint density at radius 3 is 2.33 bits per heavy atom. The Morgan fingerprint density at radius 2 is 1.92 bits per heavy atom. The molecule has 2 N–H and O–H groups in total. The summed E-state index contributed by atoms with van der Waals surface area (Å²) in [5.41, 5.74) is -0.518. The van der Waals surface area contributed by atoms with Gasteiger partial charge in [0, 0.05) is 6.54 Å². The predicted octanol–water partition coefficient (Wildman–Crippen LogP) is 0.648.